The number of ether oxygens (including phenoxy) is 1. The third-order valence-corrected chi connectivity index (χ3v) is 5.13. The van der Waals surface area contributed by atoms with Crippen LogP contribution in [0, 0.1) is 11.7 Å². The van der Waals surface area contributed by atoms with Crippen LogP contribution < -0.4 is 4.74 Å². The van der Waals surface area contributed by atoms with Crippen molar-refractivity contribution in [3.63, 3.8) is 0 Å². The van der Waals surface area contributed by atoms with Gasteiger partial charge in [-0.05, 0) is 49.4 Å². The number of hydrogen-bond donors (Lipinski definition) is 1. The second kappa shape index (κ2) is 6.77. The third kappa shape index (κ3) is 3.55. The number of methoxy groups -OCH3 is 1. The number of nitrogens with zero attached hydrogens (tertiary/aromatic N) is 3. The molecule has 1 fully saturated rings. The van der Waals surface area contributed by atoms with Gasteiger partial charge in [0, 0.05) is 31.7 Å². The zero-order valence-electron chi connectivity index (χ0n) is 14.5. The Hall–Kier alpha value is -1.92. The van der Waals surface area contributed by atoms with E-state index in [2.05, 4.69) is 10.00 Å². The van der Waals surface area contributed by atoms with Gasteiger partial charge >= 0.3 is 0 Å². The van der Waals surface area contributed by atoms with Gasteiger partial charge in [0.25, 0.3) is 0 Å². The molecule has 0 saturated heterocycles. The van der Waals surface area contributed by atoms with Crippen molar-refractivity contribution >= 4 is 0 Å². The fourth-order valence-corrected chi connectivity index (χ4v) is 3.52. The van der Waals surface area contributed by atoms with Crippen molar-refractivity contribution in [1.82, 2.24) is 14.7 Å². The summed E-state index contributed by atoms with van der Waals surface area (Å²) in [5, 5.41) is 14.9. The lowest BCUT2D eigenvalue weighted by Gasteiger charge is -2.20. The molecule has 2 heterocycles. The highest BCUT2D eigenvalue weighted by molar-refractivity contribution is 5.30. The van der Waals surface area contributed by atoms with Gasteiger partial charge in [-0.2, -0.15) is 5.10 Å². The molecule has 1 saturated carbocycles. The van der Waals surface area contributed by atoms with Crippen LogP contribution in [-0.4, -0.2) is 33.4 Å². The van der Waals surface area contributed by atoms with E-state index in [9.17, 15) is 9.50 Å². The lowest BCUT2D eigenvalue weighted by atomic mass is 10.1. The number of fused-ring (bicyclic) bond motifs is 1. The fourth-order valence-electron chi connectivity index (χ4n) is 3.52. The normalized spacial score (nSPS) is 19.3. The number of halogens is 1. The predicted molar refractivity (Wildman–Crippen MR) is 91.6 cm³/mol. The minimum Gasteiger partial charge on any atom is -0.497 e. The van der Waals surface area contributed by atoms with E-state index in [1.54, 1.807) is 19.2 Å². The Labute approximate surface area is 147 Å². The van der Waals surface area contributed by atoms with Crippen molar-refractivity contribution in [3.8, 4) is 5.75 Å². The quantitative estimate of drug-likeness (QED) is 0.905. The van der Waals surface area contributed by atoms with E-state index >= 15 is 0 Å². The molecule has 4 rings (SSSR count). The molecule has 1 aliphatic carbocycles. The van der Waals surface area contributed by atoms with Crippen molar-refractivity contribution in [2.75, 3.05) is 13.7 Å². The van der Waals surface area contributed by atoms with Crippen LogP contribution >= 0.6 is 0 Å². The maximum Gasteiger partial charge on any atom is 0.127 e. The summed E-state index contributed by atoms with van der Waals surface area (Å²) in [6.45, 7) is 2.97. The van der Waals surface area contributed by atoms with E-state index in [1.807, 2.05) is 10.7 Å². The Kier molecular flexibility index (Phi) is 4.48. The largest absolute Gasteiger partial charge is 0.497 e. The average Bonchev–Trinajstić information content (AvgIpc) is 3.41. The van der Waals surface area contributed by atoms with Crippen LogP contribution in [0.1, 0.15) is 42.3 Å². The van der Waals surface area contributed by atoms with Crippen LogP contribution in [-0.2, 0) is 19.6 Å². The van der Waals surface area contributed by atoms with E-state index in [1.165, 1.54) is 6.07 Å². The van der Waals surface area contributed by atoms with E-state index < -0.39 is 6.10 Å². The van der Waals surface area contributed by atoms with Gasteiger partial charge in [0.1, 0.15) is 17.7 Å². The molecular formula is C19H24FN3O2. The highest BCUT2D eigenvalue weighted by atomic mass is 19.1. The van der Waals surface area contributed by atoms with E-state index in [0.29, 0.717) is 30.3 Å². The second-order valence-corrected chi connectivity index (χ2v) is 7.09. The highest BCUT2D eigenvalue weighted by Gasteiger charge is 2.33. The van der Waals surface area contributed by atoms with Crippen molar-refractivity contribution < 1.29 is 14.2 Å². The number of aryl methyl sites for hydroxylation is 1. The SMILES string of the molecule is COc1ccc(F)c(CN2CCCn3nc(C(O)C4CC4)cc3C2)c1. The molecule has 0 amide bonds. The van der Waals surface area contributed by atoms with Gasteiger partial charge in [0.05, 0.1) is 18.5 Å². The van der Waals surface area contributed by atoms with Gasteiger partial charge in [-0.1, -0.05) is 0 Å². The van der Waals surface area contributed by atoms with Crippen LogP contribution in [0.15, 0.2) is 24.3 Å². The second-order valence-electron chi connectivity index (χ2n) is 7.09. The lowest BCUT2D eigenvalue weighted by Crippen LogP contribution is -2.23. The van der Waals surface area contributed by atoms with Gasteiger partial charge in [0.2, 0.25) is 0 Å². The zero-order chi connectivity index (χ0) is 17.4. The maximum absolute atomic E-state index is 14.1. The van der Waals surface area contributed by atoms with Gasteiger partial charge in [-0.25, -0.2) is 4.39 Å². The molecule has 1 aliphatic heterocycles. The first-order valence-electron chi connectivity index (χ1n) is 8.93. The molecule has 0 bridgehead atoms. The first-order valence-corrected chi connectivity index (χ1v) is 8.93. The van der Waals surface area contributed by atoms with Gasteiger partial charge in [-0.15, -0.1) is 0 Å². The maximum atomic E-state index is 14.1. The minimum absolute atomic E-state index is 0.205. The molecule has 0 spiro atoms. The summed E-state index contributed by atoms with van der Waals surface area (Å²) >= 11 is 0. The van der Waals surface area contributed by atoms with Gasteiger partial charge < -0.3 is 9.84 Å². The fraction of sp³-hybridized carbons (Fsp3) is 0.526. The molecule has 0 radical (unpaired) electrons. The number of rotatable bonds is 5. The highest BCUT2D eigenvalue weighted by Crippen LogP contribution is 2.40. The Balaban J connectivity index is 1.51. The molecule has 1 N–H and O–H groups in total. The summed E-state index contributed by atoms with van der Waals surface area (Å²) in [6, 6.07) is 6.88. The zero-order valence-corrected chi connectivity index (χ0v) is 14.5. The molecule has 5 nitrogen and oxygen atoms in total. The van der Waals surface area contributed by atoms with Crippen molar-refractivity contribution in [1.29, 1.82) is 0 Å². The minimum atomic E-state index is -0.441. The smallest absolute Gasteiger partial charge is 0.127 e. The first kappa shape index (κ1) is 16.5. The van der Waals surface area contributed by atoms with Crippen LogP contribution in [0.25, 0.3) is 0 Å². The Bertz CT molecular complexity index is 757. The first-order chi connectivity index (χ1) is 12.1. The van der Waals surface area contributed by atoms with Crippen LogP contribution in [0.3, 0.4) is 0 Å². The average molecular weight is 345 g/mol. The molecule has 6 heteroatoms. The summed E-state index contributed by atoms with van der Waals surface area (Å²) < 4.78 is 21.3. The van der Waals surface area contributed by atoms with Crippen LogP contribution in [0.4, 0.5) is 4.39 Å². The number of aromatic nitrogens is 2. The van der Waals surface area contributed by atoms with E-state index in [4.69, 9.17) is 4.74 Å². The standard InChI is InChI=1S/C19H24FN3O2/c1-25-16-5-6-17(20)14(9-16)11-22-7-2-8-23-15(12-22)10-18(21-23)19(24)13-3-4-13/h5-6,9-10,13,19,24H,2-4,7-8,11-12H2,1H3. The third-order valence-electron chi connectivity index (χ3n) is 5.13. The van der Waals surface area contributed by atoms with Crippen LogP contribution in [0.5, 0.6) is 5.75 Å². The van der Waals surface area contributed by atoms with Crippen molar-refractivity contribution in [2.45, 2.75) is 45.0 Å². The summed E-state index contributed by atoms with van der Waals surface area (Å²) in [5.41, 5.74) is 2.52. The summed E-state index contributed by atoms with van der Waals surface area (Å²) in [7, 11) is 1.59. The summed E-state index contributed by atoms with van der Waals surface area (Å²) in [6.07, 6.45) is 2.69. The molecule has 2 aromatic rings. The van der Waals surface area contributed by atoms with Crippen molar-refractivity contribution in [2.24, 2.45) is 5.92 Å². The van der Waals surface area contributed by atoms with Crippen LogP contribution in [0.2, 0.25) is 0 Å². The number of aliphatic hydroxyl groups excluding tert-OH is 1. The van der Waals surface area contributed by atoms with Gasteiger partial charge in [0.15, 0.2) is 0 Å². The molecule has 134 valence electrons. The molecule has 2 aliphatic rings. The number of aliphatic hydroxyl groups is 1. The molecule has 25 heavy (non-hydrogen) atoms. The lowest BCUT2D eigenvalue weighted by molar-refractivity contribution is 0.148. The number of benzene rings is 1. The summed E-state index contributed by atoms with van der Waals surface area (Å²) in [4.78, 5) is 2.23. The molecule has 1 aromatic heterocycles. The van der Waals surface area contributed by atoms with E-state index in [0.717, 1.165) is 43.7 Å². The molecule has 1 unspecified atom stereocenters. The van der Waals surface area contributed by atoms with Crippen molar-refractivity contribution in [3.05, 3.63) is 47.0 Å². The molecular weight excluding hydrogens is 321 g/mol. The number of hydrogen-bond acceptors (Lipinski definition) is 4. The molecule has 1 atom stereocenters. The monoisotopic (exact) mass is 345 g/mol. The Morgan fingerprint density at radius 2 is 2.16 bits per heavy atom. The summed E-state index contributed by atoms with van der Waals surface area (Å²) in [5.74, 6) is 0.843. The van der Waals surface area contributed by atoms with E-state index in [-0.39, 0.29) is 5.82 Å². The topological polar surface area (TPSA) is 50.5 Å². The molecule has 1 aromatic carbocycles. The predicted octanol–water partition coefficient (Wildman–Crippen LogP) is 2.88. The Morgan fingerprint density at radius 1 is 1.32 bits per heavy atom. The Morgan fingerprint density at radius 3 is 2.92 bits per heavy atom. The van der Waals surface area contributed by atoms with Gasteiger partial charge in [-0.3, -0.25) is 9.58 Å².